The molecule has 0 spiro atoms. The molecule has 0 amide bonds. The van der Waals surface area contributed by atoms with Crippen molar-refractivity contribution in [3.05, 3.63) is 0 Å². The molecule has 2 heterocycles. The van der Waals surface area contributed by atoms with Crippen molar-refractivity contribution in [3.63, 3.8) is 0 Å². The molecule has 2 rings (SSSR count). The Morgan fingerprint density at radius 2 is 1.92 bits per heavy atom. The topological polar surface area (TPSA) is 15.3 Å². The molecule has 76 valence electrons. The van der Waals surface area contributed by atoms with E-state index >= 15 is 0 Å². The van der Waals surface area contributed by atoms with Crippen molar-refractivity contribution in [1.29, 1.82) is 0 Å². The summed E-state index contributed by atoms with van der Waals surface area (Å²) >= 11 is 0. The predicted octanol–water partition coefficient (Wildman–Crippen LogP) is 1.47. The van der Waals surface area contributed by atoms with E-state index in [2.05, 4.69) is 24.1 Å². The zero-order chi connectivity index (χ0) is 9.31. The van der Waals surface area contributed by atoms with Crippen LogP contribution in [0.15, 0.2) is 0 Å². The Balaban J connectivity index is 1.85. The summed E-state index contributed by atoms with van der Waals surface area (Å²) in [6.45, 7) is 9.89. The average molecular weight is 182 g/mol. The molecule has 2 heteroatoms. The van der Waals surface area contributed by atoms with E-state index in [1.54, 1.807) is 0 Å². The maximum Gasteiger partial charge on any atom is 0.0205 e. The SMILES string of the molecule is CCC1CN(C2(C)CCNCC2)C1. The van der Waals surface area contributed by atoms with Gasteiger partial charge in [-0.05, 0) is 38.8 Å². The molecule has 0 aromatic rings. The van der Waals surface area contributed by atoms with Crippen molar-refractivity contribution in [3.8, 4) is 0 Å². The van der Waals surface area contributed by atoms with E-state index < -0.39 is 0 Å². The van der Waals surface area contributed by atoms with E-state index in [4.69, 9.17) is 0 Å². The van der Waals surface area contributed by atoms with Crippen LogP contribution < -0.4 is 5.32 Å². The second-order valence-corrected chi connectivity index (χ2v) is 4.93. The van der Waals surface area contributed by atoms with Crippen LogP contribution in [0.3, 0.4) is 0 Å². The molecule has 0 unspecified atom stereocenters. The normalized spacial score (nSPS) is 30.0. The first kappa shape index (κ1) is 9.47. The minimum absolute atomic E-state index is 0.525. The zero-order valence-corrected chi connectivity index (χ0v) is 8.97. The largest absolute Gasteiger partial charge is 0.317 e. The van der Waals surface area contributed by atoms with Gasteiger partial charge in [0.2, 0.25) is 0 Å². The van der Waals surface area contributed by atoms with Gasteiger partial charge >= 0.3 is 0 Å². The third-order valence-corrected chi connectivity index (χ3v) is 3.98. The Bertz CT molecular complexity index is 167. The maximum atomic E-state index is 3.44. The van der Waals surface area contributed by atoms with E-state index in [1.165, 1.54) is 45.4 Å². The van der Waals surface area contributed by atoms with Crippen molar-refractivity contribution in [2.24, 2.45) is 5.92 Å². The van der Waals surface area contributed by atoms with Gasteiger partial charge in [0.15, 0.2) is 0 Å². The van der Waals surface area contributed by atoms with Crippen LogP contribution in [0.5, 0.6) is 0 Å². The number of piperidine rings is 1. The number of likely N-dealkylation sites (tertiary alicyclic amines) is 1. The number of hydrogen-bond acceptors (Lipinski definition) is 2. The highest BCUT2D eigenvalue weighted by molar-refractivity contribution is 4.96. The van der Waals surface area contributed by atoms with E-state index in [0.717, 1.165) is 5.92 Å². The third-order valence-electron chi connectivity index (χ3n) is 3.98. The van der Waals surface area contributed by atoms with Gasteiger partial charge in [-0.1, -0.05) is 13.3 Å². The Hall–Kier alpha value is -0.0800. The molecule has 0 aromatic heterocycles. The Kier molecular flexibility index (Phi) is 2.61. The predicted molar refractivity (Wildman–Crippen MR) is 55.9 cm³/mol. The second-order valence-electron chi connectivity index (χ2n) is 4.93. The highest BCUT2D eigenvalue weighted by atomic mass is 15.3. The lowest BCUT2D eigenvalue weighted by atomic mass is 9.82. The smallest absolute Gasteiger partial charge is 0.0205 e. The standard InChI is InChI=1S/C11H22N2/c1-3-10-8-13(9-10)11(2)4-6-12-7-5-11/h10,12H,3-9H2,1-2H3. The summed E-state index contributed by atoms with van der Waals surface area (Å²) in [4.78, 5) is 2.70. The highest BCUT2D eigenvalue weighted by Gasteiger charge is 2.39. The number of hydrogen-bond donors (Lipinski definition) is 1. The van der Waals surface area contributed by atoms with Crippen molar-refractivity contribution < 1.29 is 0 Å². The minimum Gasteiger partial charge on any atom is -0.317 e. The van der Waals surface area contributed by atoms with Crippen molar-refractivity contribution in [1.82, 2.24) is 10.2 Å². The molecule has 2 saturated heterocycles. The molecule has 0 radical (unpaired) electrons. The Morgan fingerprint density at radius 3 is 2.46 bits per heavy atom. The van der Waals surface area contributed by atoms with Crippen LogP contribution >= 0.6 is 0 Å². The molecular formula is C11H22N2. The van der Waals surface area contributed by atoms with Crippen LogP contribution in [0.25, 0.3) is 0 Å². The van der Waals surface area contributed by atoms with Crippen molar-refractivity contribution in [2.75, 3.05) is 26.2 Å². The highest BCUT2D eigenvalue weighted by Crippen LogP contribution is 2.33. The minimum atomic E-state index is 0.525. The first-order valence-electron chi connectivity index (χ1n) is 5.70. The van der Waals surface area contributed by atoms with Gasteiger partial charge in [-0.15, -0.1) is 0 Å². The van der Waals surface area contributed by atoms with Crippen LogP contribution in [0.1, 0.15) is 33.1 Å². The van der Waals surface area contributed by atoms with Gasteiger partial charge < -0.3 is 5.32 Å². The molecule has 2 aliphatic rings. The molecule has 2 aliphatic heterocycles. The Morgan fingerprint density at radius 1 is 1.31 bits per heavy atom. The van der Waals surface area contributed by atoms with Gasteiger partial charge in [0.05, 0.1) is 0 Å². The fraction of sp³-hybridized carbons (Fsp3) is 1.00. The number of nitrogens with zero attached hydrogens (tertiary/aromatic N) is 1. The summed E-state index contributed by atoms with van der Waals surface area (Å²) in [6, 6.07) is 0. The van der Waals surface area contributed by atoms with Crippen molar-refractivity contribution >= 4 is 0 Å². The summed E-state index contributed by atoms with van der Waals surface area (Å²) in [5, 5.41) is 3.44. The van der Waals surface area contributed by atoms with Gasteiger partial charge in [-0.25, -0.2) is 0 Å². The zero-order valence-electron chi connectivity index (χ0n) is 8.97. The van der Waals surface area contributed by atoms with E-state index in [1.807, 2.05) is 0 Å². The average Bonchev–Trinajstić information content (AvgIpc) is 2.03. The number of nitrogens with one attached hydrogen (secondary N) is 1. The fourth-order valence-electron chi connectivity index (χ4n) is 2.55. The molecule has 0 aliphatic carbocycles. The first-order chi connectivity index (χ1) is 6.24. The van der Waals surface area contributed by atoms with Gasteiger partial charge in [0.1, 0.15) is 0 Å². The molecule has 2 nitrogen and oxygen atoms in total. The second kappa shape index (κ2) is 3.58. The lowest BCUT2D eigenvalue weighted by Gasteiger charge is -2.52. The van der Waals surface area contributed by atoms with E-state index in [9.17, 15) is 0 Å². The molecule has 1 N–H and O–H groups in total. The molecular weight excluding hydrogens is 160 g/mol. The molecule has 0 aromatic carbocycles. The van der Waals surface area contributed by atoms with Crippen LogP contribution in [-0.2, 0) is 0 Å². The molecule has 2 fully saturated rings. The van der Waals surface area contributed by atoms with E-state index in [-0.39, 0.29) is 0 Å². The van der Waals surface area contributed by atoms with Crippen molar-refractivity contribution in [2.45, 2.75) is 38.6 Å². The summed E-state index contributed by atoms with van der Waals surface area (Å²) in [5.41, 5.74) is 0.525. The van der Waals surface area contributed by atoms with Gasteiger partial charge in [0.25, 0.3) is 0 Å². The quantitative estimate of drug-likeness (QED) is 0.695. The number of rotatable bonds is 2. The summed E-state index contributed by atoms with van der Waals surface area (Å²) < 4.78 is 0. The molecule has 0 saturated carbocycles. The van der Waals surface area contributed by atoms with Crippen LogP contribution in [0, 0.1) is 5.92 Å². The third kappa shape index (κ3) is 1.75. The molecule has 0 atom stereocenters. The molecule has 0 bridgehead atoms. The van der Waals surface area contributed by atoms with E-state index in [0.29, 0.717) is 5.54 Å². The fourth-order valence-corrected chi connectivity index (χ4v) is 2.55. The monoisotopic (exact) mass is 182 g/mol. The van der Waals surface area contributed by atoms with Crippen LogP contribution in [0.4, 0.5) is 0 Å². The van der Waals surface area contributed by atoms with Crippen LogP contribution in [0.2, 0.25) is 0 Å². The molecule has 13 heavy (non-hydrogen) atoms. The van der Waals surface area contributed by atoms with Crippen LogP contribution in [-0.4, -0.2) is 36.6 Å². The van der Waals surface area contributed by atoms with Gasteiger partial charge in [0, 0.05) is 18.6 Å². The van der Waals surface area contributed by atoms with Gasteiger partial charge in [-0.3, -0.25) is 4.90 Å². The maximum absolute atomic E-state index is 3.44. The summed E-state index contributed by atoms with van der Waals surface area (Å²) in [7, 11) is 0. The van der Waals surface area contributed by atoms with Gasteiger partial charge in [-0.2, -0.15) is 0 Å². The first-order valence-corrected chi connectivity index (χ1v) is 5.70. The lowest BCUT2D eigenvalue weighted by molar-refractivity contribution is -0.0240. The lowest BCUT2D eigenvalue weighted by Crippen LogP contribution is -2.61. The summed E-state index contributed by atoms with van der Waals surface area (Å²) in [6.07, 6.45) is 4.04. The Labute approximate surface area is 81.7 Å². The summed E-state index contributed by atoms with van der Waals surface area (Å²) in [5.74, 6) is 0.992.